The Kier molecular flexibility index (Phi) is 7.89. The molecule has 9 heteroatoms. The summed E-state index contributed by atoms with van der Waals surface area (Å²) in [5.41, 5.74) is -0.0626. The molecule has 2 fully saturated rings. The van der Waals surface area contributed by atoms with Crippen LogP contribution >= 0.6 is 11.6 Å². The highest BCUT2D eigenvalue weighted by atomic mass is 35.5. The number of aryl methyl sites for hydroxylation is 1. The highest BCUT2D eigenvalue weighted by Gasteiger charge is 2.51. The summed E-state index contributed by atoms with van der Waals surface area (Å²) >= 11 is 6.23. The lowest BCUT2D eigenvalue weighted by molar-refractivity contribution is -0.133. The predicted octanol–water partition coefficient (Wildman–Crippen LogP) is 3.63. The predicted molar refractivity (Wildman–Crippen MR) is 127 cm³/mol. The molecule has 7 nitrogen and oxygen atoms in total. The van der Waals surface area contributed by atoms with E-state index in [1.165, 1.54) is 9.21 Å². The van der Waals surface area contributed by atoms with Gasteiger partial charge in [0.05, 0.1) is 12.3 Å². The van der Waals surface area contributed by atoms with Gasteiger partial charge in [-0.1, -0.05) is 50.3 Å². The van der Waals surface area contributed by atoms with E-state index in [1.807, 2.05) is 6.92 Å². The first kappa shape index (κ1) is 25.0. The summed E-state index contributed by atoms with van der Waals surface area (Å²) in [6, 6.07) is 5.23. The van der Waals surface area contributed by atoms with E-state index < -0.39 is 21.5 Å². The Labute approximate surface area is 196 Å². The number of benzene rings is 1. The summed E-state index contributed by atoms with van der Waals surface area (Å²) in [5.74, 6) is -0.815. The van der Waals surface area contributed by atoms with Gasteiger partial charge in [0.2, 0.25) is 21.8 Å². The minimum absolute atomic E-state index is 0.0295. The number of rotatable bonds is 6. The zero-order chi connectivity index (χ0) is 23.5. The number of sulfonamides is 1. The number of hydrogen-bond donors (Lipinski definition) is 1. The number of nitrogens with one attached hydrogen (secondary N) is 1. The number of nitrogens with zero attached hydrogens (tertiary/aromatic N) is 2. The number of amides is 2. The smallest absolute Gasteiger partial charge is 0.247 e. The first-order valence-electron chi connectivity index (χ1n) is 11.5. The molecule has 1 atom stereocenters. The van der Waals surface area contributed by atoms with Crippen molar-refractivity contribution in [1.29, 1.82) is 0 Å². The molecule has 1 aromatic carbocycles. The maximum atomic E-state index is 13.7. The van der Waals surface area contributed by atoms with Crippen molar-refractivity contribution in [2.45, 2.75) is 77.3 Å². The maximum Gasteiger partial charge on any atom is 0.247 e. The van der Waals surface area contributed by atoms with Gasteiger partial charge >= 0.3 is 0 Å². The Morgan fingerprint density at radius 2 is 1.88 bits per heavy atom. The molecule has 1 aliphatic heterocycles. The molecule has 2 amide bonds. The Morgan fingerprint density at radius 3 is 2.50 bits per heavy atom. The van der Waals surface area contributed by atoms with E-state index in [9.17, 15) is 18.0 Å². The normalized spacial score (nSPS) is 23.8. The Morgan fingerprint density at radius 1 is 1.22 bits per heavy atom. The van der Waals surface area contributed by atoms with E-state index in [-0.39, 0.29) is 30.8 Å². The van der Waals surface area contributed by atoms with Crippen molar-refractivity contribution >= 4 is 39.1 Å². The van der Waals surface area contributed by atoms with Gasteiger partial charge in [0.15, 0.2) is 0 Å². The van der Waals surface area contributed by atoms with E-state index in [2.05, 4.69) is 5.32 Å². The summed E-state index contributed by atoms with van der Waals surface area (Å²) in [5, 5.41) is 3.59. The van der Waals surface area contributed by atoms with Crippen molar-refractivity contribution in [2.75, 3.05) is 23.7 Å². The summed E-state index contributed by atoms with van der Waals surface area (Å²) in [6.07, 6.45) is 6.63. The molecule has 0 bridgehead atoms. The van der Waals surface area contributed by atoms with Crippen LogP contribution in [0.1, 0.15) is 64.4 Å². The summed E-state index contributed by atoms with van der Waals surface area (Å²) in [4.78, 5) is 28.5. The van der Waals surface area contributed by atoms with Gasteiger partial charge in [-0.05, 0) is 50.8 Å². The third-order valence-corrected chi connectivity index (χ3v) is 8.69. The van der Waals surface area contributed by atoms with Crippen LogP contribution < -0.4 is 10.2 Å². The Bertz CT molecular complexity index is 960. The number of carbonyl (C=O) groups is 2. The second-order valence-corrected chi connectivity index (χ2v) is 11.7. The number of halogens is 1. The van der Waals surface area contributed by atoms with E-state index in [1.54, 1.807) is 32.0 Å². The number of anilines is 1. The molecule has 178 valence electrons. The minimum Gasteiger partial charge on any atom is -0.351 e. The monoisotopic (exact) mass is 483 g/mol. The van der Waals surface area contributed by atoms with E-state index in [0.29, 0.717) is 17.1 Å². The topological polar surface area (TPSA) is 86.8 Å². The van der Waals surface area contributed by atoms with Crippen LogP contribution in [0.4, 0.5) is 5.69 Å². The molecule has 1 aliphatic carbocycles. The molecule has 3 rings (SSSR count). The van der Waals surface area contributed by atoms with Crippen molar-refractivity contribution in [3.63, 3.8) is 0 Å². The number of hydrogen-bond acceptors (Lipinski definition) is 4. The van der Waals surface area contributed by atoms with Crippen LogP contribution in [0.3, 0.4) is 0 Å². The lowest BCUT2D eigenvalue weighted by atomic mass is 9.92. The Hall–Kier alpha value is -1.64. The second-order valence-electron chi connectivity index (χ2n) is 9.18. The highest BCUT2D eigenvalue weighted by Crippen LogP contribution is 2.35. The van der Waals surface area contributed by atoms with Gasteiger partial charge in [0.1, 0.15) is 5.54 Å². The van der Waals surface area contributed by atoms with Crippen molar-refractivity contribution < 1.29 is 18.0 Å². The standard InChI is InChI=1S/C23H34ClN3O4S/c1-4-13-32(30,31)26-15-21(28)27(20-14-18(24)12-11-17(20)2)23(3,16-26)22(29)25-19-9-7-5-6-8-10-19/h11-12,14,19H,4-10,13,15-16H2,1-3H3,(H,25,29)/t23-/m1/s1. The molecular formula is C23H34ClN3O4S. The first-order valence-corrected chi connectivity index (χ1v) is 13.4. The van der Waals surface area contributed by atoms with Gasteiger partial charge in [0.25, 0.3) is 0 Å². The van der Waals surface area contributed by atoms with E-state index in [0.717, 1.165) is 44.1 Å². The van der Waals surface area contributed by atoms with Gasteiger partial charge in [-0.15, -0.1) is 0 Å². The SMILES string of the molecule is CCCS(=O)(=O)N1CC(=O)N(c2cc(Cl)ccc2C)[C@@](C)(C(=O)NC2CCCCCC2)C1. The quantitative estimate of drug-likeness (QED) is 0.626. The van der Waals surface area contributed by atoms with Crippen LogP contribution in [0.2, 0.25) is 5.02 Å². The summed E-state index contributed by atoms with van der Waals surface area (Å²) in [7, 11) is -3.65. The third kappa shape index (κ3) is 5.29. The fourth-order valence-electron chi connectivity index (χ4n) is 4.71. The van der Waals surface area contributed by atoms with Gasteiger partial charge in [-0.2, -0.15) is 4.31 Å². The fraction of sp³-hybridized carbons (Fsp3) is 0.652. The molecule has 1 saturated heterocycles. The van der Waals surface area contributed by atoms with Gasteiger partial charge in [-0.25, -0.2) is 8.42 Å². The highest BCUT2D eigenvalue weighted by molar-refractivity contribution is 7.89. The molecule has 1 saturated carbocycles. The van der Waals surface area contributed by atoms with E-state index >= 15 is 0 Å². The van der Waals surface area contributed by atoms with Crippen LogP contribution in [0.25, 0.3) is 0 Å². The summed E-state index contributed by atoms with van der Waals surface area (Å²) in [6.45, 7) is 4.91. The molecule has 0 spiro atoms. The second kappa shape index (κ2) is 10.1. The molecule has 1 N–H and O–H groups in total. The van der Waals surface area contributed by atoms with E-state index in [4.69, 9.17) is 11.6 Å². The molecule has 1 aromatic rings. The lowest BCUT2D eigenvalue weighted by Crippen LogP contribution is -2.71. The average Bonchev–Trinajstić information content (AvgIpc) is 2.98. The van der Waals surface area contributed by atoms with Crippen molar-refractivity contribution in [3.8, 4) is 0 Å². The summed E-state index contributed by atoms with van der Waals surface area (Å²) < 4.78 is 26.9. The minimum atomic E-state index is -3.65. The van der Waals surface area contributed by atoms with Crippen molar-refractivity contribution in [3.05, 3.63) is 28.8 Å². The number of piperazine rings is 1. The van der Waals surface area contributed by atoms with Crippen LogP contribution in [0.15, 0.2) is 18.2 Å². The van der Waals surface area contributed by atoms with Crippen molar-refractivity contribution in [1.82, 2.24) is 9.62 Å². The zero-order valence-electron chi connectivity index (χ0n) is 19.2. The zero-order valence-corrected chi connectivity index (χ0v) is 20.8. The van der Waals surface area contributed by atoms with Gasteiger partial charge in [0, 0.05) is 23.3 Å². The van der Waals surface area contributed by atoms with Crippen LogP contribution in [0, 0.1) is 6.92 Å². The van der Waals surface area contributed by atoms with Crippen LogP contribution in [0.5, 0.6) is 0 Å². The lowest BCUT2D eigenvalue weighted by Gasteiger charge is -2.47. The van der Waals surface area contributed by atoms with Gasteiger partial charge < -0.3 is 5.32 Å². The average molecular weight is 484 g/mol. The largest absolute Gasteiger partial charge is 0.351 e. The molecule has 32 heavy (non-hydrogen) atoms. The molecule has 0 aromatic heterocycles. The molecule has 0 unspecified atom stereocenters. The number of carbonyl (C=O) groups excluding carboxylic acids is 2. The fourth-order valence-corrected chi connectivity index (χ4v) is 6.41. The molecular weight excluding hydrogens is 450 g/mol. The third-order valence-electron chi connectivity index (χ3n) is 6.49. The molecule has 0 radical (unpaired) electrons. The Balaban J connectivity index is 2.01. The van der Waals surface area contributed by atoms with Gasteiger partial charge in [-0.3, -0.25) is 14.5 Å². The molecule has 1 heterocycles. The molecule has 2 aliphatic rings. The van der Waals surface area contributed by atoms with Crippen LogP contribution in [-0.2, 0) is 19.6 Å². The first-order chi connectivity index (χ1) is 15.1. The van der Waals surface area contributed by atoms with Crippen molar-refractivity contribution in [2.24, 2.45) is 0 Å². The van der Waals surface area contributed by atoms with Crippen LogP contribution in [-0.4, -0.2) is 55.0 Å². The maximum absolute atomic E-state index is 13.7.